The van der Waals surface area contributed by atoms with Gasteiger partial charge in [0.15, 0.2) is 0 Å². The maximum Gasteiger partial charge on any atom is 0.387 e. The van der Waals surface area contributed by atoms with E-state index < -0.39 is 12.4 Å². The molecule has 0 fully saturated rings. The summed E-state index contributed by atoms with van der Waals surface area (Å²) in [7, 11) is 0. The summed E-state index contributed by atoms with van der Waals surface area (Å²) in [6.45, 7) is -1.74. The van der Waals surface area contributed by atoms with Gasteiger partial charge in [0, 0.05) is 11.1 Å². The second kappa shape index (κ2) is 4.13. The molecule has 0 atom stereocenters. The molecule has 0 saturated carbocycles. The summed E-state index contributed by atoms with van der Waals surface area (Å²) in [5.74, 6) is -1.06. The van der Waals surface area contributed by atoms with Crippen LogP contribution < -0.4 is 4.74 Å². The van der Waals surface area contributed by atoms with Crippen LogP contribution in [-0.4, -0.2) is 12.9 Å². The Bertz CT molecular complexity index is 350. The molecular weight excluding hydrogens is 197 g/mol. The quantitative estimate of drug-likeness (QED) is 0.707. The number of carbonyl (C=O) groups excluding carboxylic acids is 1. The normalized spacial score (nSPS) is 10.4. The minimum atomic E-state index is -3.03. The number of hydrogen-bond acceptors (Lipinski definition) is 2. The van der Waals surface area contributed by atoms with Gasteiger partial charge < -0.3 is 4.74 Å². The van der Waals surface area contributed by atoms with Gasteiger partial charge in [0.25, 0.3) is 0 Å². The fraction of sp³-hybridized carbons (Fsp3) is 0.222. The minimum Gasteiger partial charge on any atom is -0.434 e. The molecular formula is C9H7F3O2. The Labute approximate surface area is 78.3 Å². The van der Waals surface area contributed by atoms with Crippen LogP contribution in [0, 0.1) is 12.7 Å². The Kier molecular flexibility index (Phi) is 3.11. The second-order valence-corrected chi connectivity index (χ2v) is 2.62. The number of halogens is 3. The monoisotopic (exact) mass is 204 g/mol. The molecule has 5 heteroatoms. The lowest BCUT2D eigenvalue weighted by Gasteiger charge is -2.08. The molecule has 2 nitrogen and oxygen atoms in total. The van der Waals surface area contributed by atoms with Gasteiger partial charge in [-0.3, -0.25) is 4.79 Å². The zero-order valence-electron chi connectivity index (χ0n) is 7.26. The zero-order valence-corrected chi connectivity index (χ0v) is 7.26. The van der Waals surface area contributed by atoms with E-state index in [1.165, 1.54) is 6.92 Å². The fourth-order valence-electron chi connectivity index (χ4n) is 0.960. The van der Waals surface area contributed by atoms with Crippen molar-refractivity contribution in [2.45, 2.75) is 13.5 Å². The van der Waals surface area contributed by atoms with Crippen LogP contribution in [0.2, 0.25) is 0 Å². The maximum absolute atomic E-state index is 13.0. The van der Waals surface area contributed by atoms with Crippen LogP contribution in [0.4, 0.5) is 13.2 Å². The molecule has 0 saturated heterocycles. The molecule has 1 rings (SSSR count). The smallest absolute Gasteiger partial charge is 0.387 e. The molecule has 0 radical (unpaired) electrons. The fourth-order valence-corrected chi connectivity index (χ4v) is 0.960. The SMILES string of the molecule is Cc1c(F)cc(C=O)cc1OC(F)F. The first kappa shape index (κ1) is 10.6. The number of hydrogen-bond donors (Lipinski definition) is 0. The number of alkyl halides is 2. The van der Waals surface area contributed by atoms with Crippen LogP contribution in [0.3, 0.4) is 0 Å². The first-order valence-corrected chi connectivity index (χ1v) is 3.74. The predicted octanol–water partition coefficient (Wildman–Crippen LogP) is 2.55. The summed E-state index contributed by atoms with van der Waals surface area (Å²) in [5, 5.41) is 0. The van der Waals surface area contributed by atoms with Gasteiger partial charge in [-0.1, -0.05) is 0 Å². The minimum absolute atomic E-state index is 0.0382. The number of carbonyl (C=O) groups is 1. The summed E-state index contributed by atoms with van der Waals surface area (Å²) in [6.07, 6.45) is 0.362. The van der Waals surface area contributed by atoms with Crippen LogP contribution >= 0.6 is 0 Å². The first-order chi connectivity index (χ1) is 6.54. The lowest BCUT2D eigenvalue weighted by atomic mass is 10.1. The molecule has 0 amide bonds. The van der Waals surface area contributed by atoms with Gasteiger partial charge >= 0.3 is 6.61 Å². The molecule has 0 spiro atoms. The highest BCUT2D eigenvalue weighted by molar-refractivity contribution is 5.76. The molecule has 0 unspecified atom stereocenters. The van der Waals surface area contributed by atoms with Gasteiger partial charge in [-0.15, -0.1) is 0 Å². The highest BCUT2D eigenvalue weighted by atomic mass is 19.3. The van der Waals surface area contributed by atoms with Crippen molar-refractivity contribution in [1.82, 2.24) is 0 Å². The molecule has 14 heavy (non-hydrogen) atoms. The Morgan fingerprint density at radius 3 is 2.57 bits per heavy atom. The summed E-state index contributed by atoms with van der Waals surface area (Å²) in [4.78, 5) is 10.3. The highest BCUT2D eigenvalue weighted by Crippen LogP contribution is 2.23. The molecule has 0 aliphatic rings. The Morgan fingerprint density at radius 1 is 1.43 bits per heavy atom. The van der Waals surface area contributed by atoms with E-state index in [0.29, 0.717) is 6.29 Å². The van der Waals surface area contributed by atoms with E-state index >= 15 is 0 Å². The number of aldehydes is 1. The van der Waals surface area contributed by atoms with Crippen molar-refractivity contribution in [1.29, 1.82) is 0 Å². The van der Waals surface area contributed by atoms with Gasteiger partial charge in [0.1, 0.15) is 17.9 Å². The Balaban J connectivity index is 3.13. The van der Waals surface area contributed by atoms with E-state index in [0.717, 1.165) is 12.1 Å². The third-order valence-electron chi connectivity index (χ3n) is 1.67. The summed E-state index contributed by atoms with van der Waals surface area (Å²) in [5.41, 5.74) is -0.0837. The Morgan fingerprint density at radius 2 is 2.07 bits per heavy atom. The molecule has 0 aliphatic carbocycles. The highest BCUT2D eigenvalue weighted by Gasteiger charge is 2.11. The lowest BCUT2D eigenvalue weighted by molar-refractivity contribution is -0.0505. The van der Waals surface area contributed by atoms with Crippen molar-refractivity contribution in [3.05, 3.63) is 29.1 Å². The third kappa shape index (κ3) is 2.25. The van der Waals surface area contributed by atoms with Crippen molar-refractivity contribution >= 4 is 6.29 Å². The van der Waals surface area contributed by atoms with Gasteiger partial charge in [0.2, 0.25) is 0 Å². The van der Waals surface area contributed by atoms with Gasteiger partial charge in [-0.25, -0.2) is 4.39 Å². The van der Waals surface area contributed by atoms with Crippen molar-refractivity contribution in [2.24, 2.45) is 0 Å². The first-order valence-electron chi connectivity index (χ1n) is 3.74. The Hall–Kier alpha value is -1.52. The van der Waals surface area contributed by atoms with Gasteiger partial charge in [-0.2, -0.15) is 8.78 Å². The second-order valence-electron chi connectivity index (χ2n) is 2.62. The van der Waals surface area contributed by atoms with Gasteiger partial charge in [-0.05, 0) is 19.1 Å². The molecule has 0 aromatic heterocycles. The van der Waals surface area contributed by atoms with Crippen molar-refractivity contribution in [3.63, 3.8) is 0 Å². The average Bonchev–Trinajstić information content (AvgIpc) is 2.11. The predicted molar refractivity (Wildman–Crippen MR) is 43.2 cm³/mol. The number of ether oxygens (including phenoxy) is 1. The molecule has 1 aromatic carbocycles. The molecule has 0 aliphatic heterocycles. The van der Waals surface area contributed by atoms with Crippen LogP contribution in [0.1, 0.15) is 15.9 Å². The number of benzene rings is 1. The van der Waals surface area contributed by atoms with Crippen LogP contribution in [0.15, 0.2) is 12.1 Å². The largest absolute Gasteiger partial charge is 0.434 e. The van der Waals surface area contributed by atoms with Crippen LogP contribution in [0.5, 0.6) is 5.75 Å². The molecule has 0 bridgehead atoms. The summed E-state index contributed by atoms with van der Waals surface area (Å²) < 4.78 is 40.7. The van der Waals surface area contributed by atoms with Crippen LogP contribution in [-0.2, 0) is 0 Å². The standard InChI is InChI=1S/C9H7F3O2/c1-5-7(10)2-6(4-13)3-8(5)14-9(11)12/h2-4,9H,1H3. The summed E-state index contributed by atoms with van der Waals surface area (Å²) in [6, 6.07) is 2.03. The molecule has 76 valence electrons. The van der Waals surface area contributed by atoms with E-state index in [1.807, 2.05) is 0 Å². The topological polar surface area (TPSA) is 26.3 Å². The van der Waals surface area contributed by atoms with Crippen molar-refractivity contribution in [2.75, 3.05) is 0 Å². The molecule has 0 N–H and O–H groups in total. The average molecular weight is 204 g/mol. The lowest BCUT2D eigenvalue weighted by Crippen LogP contribution is -2.05. The number of rotatable bonds is 3. The van der Waals surface area contributed by atoms with Crippen LogP contribution in [0.25, 0.3) is 0 Å². The van der Waals surface area contributed by atoms with E-state index in [-0.39, 0.29) is 16.9 Å². The maximum atomic E-state index is 13.0. The molecule has 1 aromatic rings. The van der Waals surface area contributed by atoms with E-state index in [2.05, 4.69) is 4.74 Å². The van der Waals surface area contributed by atoms with E-state index in [4.69, 9.17) is 0 Å². The summed E-state index contributed by atoms with van der Waals surface area (Å²) >= 11 is 0. The molecule has 0 heterocycles. The van der Waals surface area contributed by atoms with Crippen molar-refractivity contribution < 1.29 is 22.7 Å². The zero-order chi connectivity index (χ0) is 10.7. The van der Waals surface area contributed by atoms with Crippen molar-refractivity contribution in [3.8, 4) is 5.75 Å². The van der Waals surface area contributed by atoms with Gasteiger partial charge in [0.05, 0.1) is 0 Å². The van der Waals surface area contributed by atoms with E-state index in [1.54, 1.807) is 0 Å². The third-order valence-corrected chi connectivity index (χ3v) is 1.67. The van der Waals surface area contributed by atoms with E-state index in [9.17, 15) is 18.0 Å².